The Morgan fingerprint density at radius 3 is 3.09 bits per heavy atom. The summed E-state index contributed by atoms with van der Waals surface area (Å²) in [6.07, 6.45) is 3.70. The van der Waals surface area contributed by atoms with Gasteiger partial charge < -0.3 is 10.1 Å². The van der Waals surface area contributed by atoms with E-state index in [0.717, 1.165) is 11.1 Å². The predicted octanol–water partition coefficient (Wildman–Crippen LogP) is 3.94. The van der Waals surface area contributed by atoms with E-state index in [-0.39, 0.29) is 6.04 Å². The molecule has 4 nitrogen and oxygen atoms in total. The van der Waals surface area contributed by atoms with E-state index in [0.29, 0.717) is 19.0 Å². The maximum absolute atomic E-state index is 5.56. The zero-order valence-electron chi connectivity index (χ0n) is 12.7. The molecule has 0 spiro atoms. The molecule has 1 N–H and O–H groups in total. The molecule has 3 rings (SSSR count). The lowest BCUT2D eigenvalue weighted by molar-refractivity contribution is 0.321. The quantitative estimate of drug-likeness (QED) is 0.749. The number of nitrogens with one attached hydrogen (secondary N) is 1. The predicted molar refractivity (Wildman–Crippen MR) is 90.3 cm³/mol. The topological polar surface area (TPSA) is 47.0 Å². The molecule has 3 heterocycles. The molecule has 114 valence electrons. The Morgan fingerprint density at radius 1 is 1.32 bits per heavy atom. The first kappa shape index (κ1) is 14.9. The molecule has 5 heteroatoms. The van der Waals surface area contributed by atoms with Gasteiger partial charge in [-0.3, -0.25) is 4.98 Å². The number of aromatic nitrogens is 2. The summed E-state index contributed by atoms with van der Waals surface area (Å²) >= 11 is 1.72. The van der Waals surface area contributed by atoms with E-state index in [1.807, 2.05) is 31.3 Å². The Morgan fingerprint density at radius 2 is 2.23 bits per heavy atom. The number of fused-ring (bicyclic) bond motifs is 1. The second-order valence-electron chi connectivity index (χ2n) is 5.08. The van der Waals surface area contributed by atoms with Crippen LogP contribution in [0.25, 0.3) is 10.2 Å². The minimum atomic E-state index is 0.216. The standard InChI is InChI=1S/C17H19N3OS/c1-3-21-17-13(5-4-7-18-17)10-19-12(2)14-9-16-15(20-11-14)6-8-22-16/h4-9,11-12,19H,3,10H2,1-2H3/t12-/m0/s1. The van der Waals surface area contributed by atoms with Gasteiger partial charge in [-0.1, -0.05) is 6.07 Å². The van der Waals surface area contributed by atoms with Gasteiger partial charge in [0.15, 0.2) is 0 Å². The lowest BCUT2D eigenvalue weighted by Crippen LogP contribution is -2.19. The monoisotopic (exact) mass is 313 g/mol. The summed E-state index contributed by atoms with van der Waals surface area (Å²) in [5, 5.41) is 5.59. The first-order valence-corrected chi connectivity index (χ1v) is 8.29. The van der Waals surface area contributed by atoms with Gasteiger partial charge in [0.25, 0.3) is 0 Å². The van der Waals surface area contributed by atoms with Gasteiger partial charge in [0.1, 0.15) is 0 Å². The second-order valence-corrected chi connectivity index (χ2v) is 6.02. The zero-order chi connectivity index (χ0) is 15.4. The van der Waals surface area contributed by atoms with Crippen LogP contribution in [0.2, 0.25) is 0 Å². The number of hydrogen-bond donors (Lipinski definition) is 1. The summed E-state index contributed by atoms with van der Waals surface area (Å²) in [6, 6.07) is 8.44. The molecule has 0 aromatic carbocycles. The van der Waals surface area contributed by atoms with Gasteiger partial charge in [0.05, 0.1) is 16.8 Å². The van der Waals surface area contributed by atoms with E-state index in [1.54, 1.807) is 17.5 Å². The number of hydrogen-bond acceptors (Lipinski definition) is 5. The van der Waals surface area contributed by atoms with Crippen LogP contribution in [0.15, 0.2) is 42.0 Å². The molecule has 22 heavy (non-hydrogen) atoms. The largest absolute Gasteiger partial charge is 0.478 e. The van der Waals surface area contributed by atoms with E-state index in [1.165, 1.54) is 10.3 Å². The second kappa shape index (κ2) is 6.85. The third-order valence-corrected chi connectivity index (χ3v) is 4.41. The van der Waals surface area contributed by atoms with E-state index in [2.05, 4.69) is 33.7 Å². The molecule has 0 fully saturated rings. The lowest BCUT2D eigenvalue weighted by Gasteiger charge is -2.15. The minimum absolute atomic E-state index is 0.216. The molecular formula is C17H19N3OS. The third-order valence-electron chi connectivity index (χ3n) is 3.55. The van der Waals surface area contributed by atoms with Crippen molar-refractivity contribution in [2.75, 3.05) is 6.61 Å². The Hall–Kier alpha value is -1.98. The molecule has 0 saturated heterocycles. The van der Waals surface area contributed by atoms with Crippen LogP contribution >= 0.6 is 11.3 Å². The maximum atomic E-state index is 5.56. The van der Waals surface area contributed by atoms with Crippen LogP contribution < -0.4 is 10.1 Å². The third kappa shape index (κ3) is 3.26. The van der Waals surface area contributed by atoms with Gasteiger partial charge in [-0.05, 0) is 43.0 Å². The summed E-state index contributed by atoms with van der Waals surface area (Å²) in [5.41, 5.74) is 3.32. The van der Waals surface area contributed by atoms with Crippen LogP contribution in [0, 0.1) is 0 Å². The first-order valence-electron chi connectivity index (χ1n) is 7.41. The van der Waals surface area contributed by atoms with Crippen molar-refractivity contribution in [1.29, 1.82) is 0 Å². The van der Waals surface area contributed by atoms with Gasteiger partial charge in [-0.25, -0.2) is 4.98 Å². The SMILES string of the molecule is CCOc1ncccc1CN[C@@H](C)c1cnc2ccsc2c1. The first-order chi connectivity index (χ1) is 10.8. The van der Waals surface area contributed by atoms with Crippen molar-refractivity contribution in [3.05, 3.63) is 53.2 Å². The fourth-order valence-electron chi connectivity index (χ4n) is 2.30. The van der Waals surface area contributed by atoms with E-state index < -0.39 is 0 Å². The van der Waals surface area contributed by atoms with Gasteiger partial charge in [0.2, 0.25) is 5.88 Å². The van der Waals surface area contributed by atoms with E-state index in [4.69, 9.17) is 4.74 Å². The number of pyridine rings is 2. The lowest BCUT2D eigenvalue weighted by atomic mass is 10.1. The molecule has 0 saturated carbocycles. The summed E-state index contributed by atoms with van der Waals surface area (Å²) in [4.78, 5) is 8.78. The molecule has 0 aliphatic carbocycles. The number of rotatable bonds is 6. The average molecular weight is 313 g/mol. The van der Waals surface area contributed by atoms with E-state index >= 15 is 0 Å². The number of ether oxygens (including phenoxy) is 1. The fourth-order valence-corrected chi connectivity index (χ4v) is 3.09. The molecule has 0 aliphatic rings. The smallest absolute Gasteiger partial charge is 0.217 e. The van der Waals surface area contributed by atoms with Gasteiger partial charge in [-0.15, -0.1) is 11.3 Å². The highest BCUT2D eigenvalue weighted by Gasteiger charge is 2.09. The molecule has 0 radical (unpaired) electrons. The molecule has 3 aromatic rings. The Labute approximate surface area is 134 Å². The van der Waals surface area contributed by atoms with Crippen molar-refractivity contribution in [1.82, 2.24) is 15.3 Å². The van der Waals surface area contributed by atoms with Gasteiger partial charge in [0, 0.05) is 30.5 Å². The normalized spacial score (nSPS) is 12.5. The van der Waals surface area contributed by atoms with Crippen molar-refractivity contribution >= 4 is 21.6 Å². The van der Waals surface area contributed by atoms with Crippen molar-refractivity contribution in [2.45, 2.75) is 26.4 Å². The summed E-state index contributed by atoms with van der Waals surface area (Å²) in [6.45, 7) is 5.45. The fraction of sp³-hybridized carbons (Fsp3) is 0.294. The molecular weight excluding hydrogens is 294 g/mol. The van der Waals surface area contributed by atoms with Crippen molar-refractivity contribution < 1.29 is 4.74 Å². The minimum Gasteiger partial charge on any atom is -0.478 e. The Kier molecular flexibility index (Phi) is 4.65. The van der Waals surface area contributed by atoms with Crippen LogP contribution in [-0.4, -0.2) is 16.6 Å². The van der Waals surface area contributed by atoms with Crippen LogP contribution in [-0.2, 0) is 6.54 Å². The molecule has 0 bridgehead atoms. The summed E-state index contributed by atoms with van der Waals surface area (Å²) in [7, 11) is 0. The Bertz CT molecular complexity index is 756. The molecule has 0 aliphatic heterocycles. The summed E-state index contributed by atoms with van der Waals surface area (Å²) in [5.74, 6) is 0.705. The van der Waals surface area contributed by atoms with Crippen molar-refractivity contribution in [3.63, 3.8) is 0 Å². The molecule has 0 unspecified atom stereocenters. The number of thiophene rings is 1. The maximum Gasteiger partial charge on any atom is 0.217 e. The molecule has 1 atom stereocenters. The van der Waals surface area contributed by atoms with Crippen LogP contribution in [0.5, 0.6) is 5.88 Å². The summed E-state index contributed by atoms with van der Waals surface area (Å²) < 4.78 is 6.79. The van der Waals surface area contributed by atoms with Gasteiger partial charge >= 0.3 is 0 Å². The highest BCUT2D eigenvalue weighted by Crippen LogP contribution is 2.23. The van der Waals surface area contributed by atoms with Crippen LogP contribution in [0.4, 0.5) is 0 Å². The highest BCUT2D eigenvalue weighted by molar-refractivity contribution is 7.17. The number of nitrogens with zero attached hydrogens (tertiary/aromatic N) is 2. The van der Waals surface area contributed by atoms with Crippen LogP contribution in [0.3, 0.4) is 0 Å². The van der Waals surface area contributed by atoms with Gasteiger partial charge in [-0.2, -0.15) is 0 Å². The van der Waals surface area contributed by atoms with Crippen molar-refractivity contribution in [3.8, 4) is 5.88 Å². The van der Waals surface area contributed by atoms with Crippen LogP contribution in [0.1, 0.15) is 31.0 Å². The highest BCUT2D eigenvalue weighted by atomic mass is 32.1. The Balaban J connectivity index is 1.70. The van der Waals surface area contributed by atoms with Crippen molar-refractivity contribution in [2.24, 2.45) is 0 Å². The molecule has 3 aromatic heterocycles. The average Bonchev–Trinajstić information content (AvgIpc) is 3.01. The zero-order valence-corrected chi connectivity index (χ0v) is 13.6. The molecule has 0 amide bonds. The van der Waals surface area contributed by atoms with E-state index in [9.17, 15) is 0 Å².